The third-order valence-electron chi connectivity index (χ3n) is 3.54. The molecule has 0 atom stereocenters. The molecule has 0 fully saturated rings. The van der Waals surface area contributed by atoms with E-state index in [9.17, 15) is 9.90 Å². The van der Waals surface area contributed by atoms with Crippen molar-refractivity contribution in [2.75, 3.05) is 11.9 Å². The van der Waals surface area contributed by atoms with E-state index in [1.165, 1.54) is 4.68 Å². The van der Waals surface area contributed by atoms with E-state index in [1.54, 1.807) is 50.2 Å². The van der Waals surface area contributed by atoms with Crippen LogP contribution in [-0.4, -0.2) is 33.2 Å². The van der Waals surface area contributed by atoms with Gasteiger partial charge in [-0.25, -0.2) is 9.48 Å². The molecule has 0 spiro atoms. The second-order valence-corrected chi connectivity index (χ2v) is 7.02. The molecule has 1 aromatic heterocycles. The summed E-state index contributed by atoms with van der Waals surface area (Å²) in [5.41, 5.74) is -0.405. The summed E-state index contributed by atoms with van der Waals surface area (Å²) in [5.74, 6) is 0.669. The molecule has 0 aliphatic rings. The lowest BCUT2D eigenvalue weighted by Gasteiger charge is -2.16. The SMILES string of the molecule is CC(C)(O)COc1nn(-c2ccccc2)c(NC(=O)Oc2ccccc2)c1Cl. The third kappa shape index (κ3) is 5.03. The third-order valence-corrected chi connectivity index (χ3v) is 3.88. The number of nitrogens with one attached hydrogen (secondary N) is 1. The van der Waals surface area contributed by atoms with Crippen molar-refractivity contribution in [2.24, 2.45) is 0 Å². The van der Waals surface area contributed by atoms with Crippen LogP contribution in [0, 0.1) is 0 Å². The Labute approximate surface area is 167 Å². The zero-order valence-electron chi connectivity index (χ0n) is 15.4. The van der Waals surface area contributed by atoms with E-state index >= 15 is 0 Å². The van der Waals surface area contributed by atoms with Gasteiger partial charge in [0.25, 0.3) is 5.88 Å². The molecule has 8 heteroatoms. The number of aliphatic hydroxyl groups is 1. The van der Waals surface area contributed by atoms with Gasteiger partial charge in [0.05, 0.1) is 11.3 Å². The quantitative estimate of drug-likeness (QED) is 0.643. The number of carbonyl (C=O) groups is 1. The molecule has 2 N–H and O–H groups in total. The highest BCUT2D eigenvalue weighted by Crippen LogP contribution is 2.34. The summed E-state index contributed by atoms with van der Waals surface area (Å²) in [4.78, 5) is 12.3. The maximum absolute atomic E-state index is 12.3. The number of para-hydroxylation sites is 2. The molecule has 0 radical (unpaired) electrons. The average Bonchev–Trinajstić information content (AvgIpc) is 2.97. The largest absolute Gasteiger partial charge is 0.472 e. The first kappa shape index (κ1) is 19.7. The van der Waals surface area contributed by atoms with Gasteiger partial charge in [-0.2, -0.15) is 0 Å². The van der Waals surface area contributed by atoms with Gasteiger partial charge in [-0.05, 0) is 38.1 Å². The molecule has 0 unspecified atom stereocenters. The summed E-state index contributed by atoms with van der Waals surface area (Å²) >= 11 is 6.40. The molecule has 7 nitrogen and oxygen atoms in total. The van der Waals surface area contributed by atoms with Gasteiger partial charge in [0.2, 0.25) is 0 Å². The molecule has 1 amide bonds. The molecule has 2 aromatic carbocycles. The topological polar surface area (TPSA) is 85.6 Å². The molecular weight excluding hydrogens is 382 g/mol. The van der Waals surface area contributed by atoms with Gasteiger partial charge in [-0.3, -0.25) is 5.32 Å². The van der Waals surface area contributed by atoms with E-state index in [2.05, 4.69) is 10.4 Å². The summed E-state index contributed by atoms with van der Waals surface area (Å²) in [5, 5.41) is 16.9. The van der Waals surface area contributed by atoms with Crippen LogP contribution in [0.4, 0.5) is 10.6 Å². The molecule has 0 saturated carbocycles. The predicted molar refractivity (Wildman–Crippen MR) is 106 cm³/mol. The Morgan fingerprint density at radius 2 is 1.75 bits per heavy atom. The number of aromatic nitrogens is 2. The van der Waals surface area contributed by atoms with Crippen molar-refractivity contribution < 1.29 is 19.4 Å². The number of halogens is 1. The number of rotatable bonds is 6. The minimum atomic E-state index is -1.07. The van der Waals surface area contributed by atoms with Crippen molar-refractivity contribution in [3.8, 4) is 17.3 Å². The second-order valence-electron chi connectivity index (χ2n) is 6.64. The fourth-order valence-corrected chi connectivity index (χ4v) is 2.52. The van der Waals surface area contributed by atoms with Crippen molar-refractivity contribution in [2.45, 2.75) is 19.4 Å². The van der Waals surface area contributed by atoms with Gasteiger partial charge in [-0.15, -0.1) is 5.10 Å². The Balaban J connectivity index is 1.89. The number of benzene rings is 2. The predicted octanol–water partition coefficient (Wildman–Crippen LogP) is 4.29. The summed E-state index contributed by atoms with van der Waals surface area (Å²) < 4.78 is 12.2. The van der Waals surface area contributed by atoms with Gasteiger partial charge in [0.15, 0.2) is 5.82 Å². The van der Waals surface area contributed by atoms with Crippen molar-refractivity contribution in [3.05, 3.63) is 65.7 Å². The second kappa shape index (κ2) is 8.33. The van der Waals surface area contributed by atoms with Crippen LogP contribution in [-0.2, 0) is 0 Å². The molecule has 0 aliphatic heterocycles. The molecular formula is C20H20ClN3O4. The monoisotopic (exact) mass is 401 g/mol. The van der Waals surface area contributed by atoms with E-state index < -0.39 is 11.7 Å². The fourth-order valence-electron chi connectivity index (χ4n) is 2.30. The van der Waals surface area contributed by atoms with Gasteiger partial charge in [0.1, 0.15) is 17.4 Å². The summed E-state index contributed by atoms with van der Waals surface area (Å²) in [7, 11) is 0. The van der Waals surface area contributed by atoms with E-state index in [0.29, 0.717) is 11.4 Å². The van der Waals surface area contributed by atoms with Crippen LogP contribution < -0.4 is 14.8 Å². The first-order valence-electron chi connectivity index (χ1n) is 8.56. The molecule has 3 rings (SSSR count). The van der Waals surface area contributed by atoms with Gasteiger partial charge in [-0.1, -0.05) is 48.0 Å². The highest BCUT2D eigenvalue weighted by Gasteiger charge is 2.23. The molecule has 1 heterocycles. The lowest BCUT2D eigenvalue weighted by atomic mass is 10.2. The van der Waals surface area contributed by atoms with Crippen molar-refractivity contribution in [1.82, 2.24) is 9.78 Å². The molecule has 3 aromatic rings. The van der Waals surface area contributed by atoms with E-state index in [4.69, 9.17) is 21.1 Å². The molecule has 146 valence electrons. The van der Waals surface area contributed by atoms with Crippen molar-refractivity contribution in [1.29, 1.82) is 0 Å². The van der Waals surface area contributed by atoms with Crippen LogP contribution in [0.2, 0.25) is 5.02 Å². The zero-order chi connectivity index (χ0) is 20.1. The first-order valence-corrected chi connectivity index (χ1v) is 8.94. The summed E-state index contributed by atoms with van der Waals surface area (Å²) in [6.45, 7) is 3.18. The number of hydrogen-bond donors (Lipinski definition) is 2. The standard InChI is InChI=1S/C20H20ClN3O4/c1-20(2,26)13-27-18-16(21)17(24(23-18)14-9-5-3-6-10-14)22-19(25)28-15-11-7-4-8-12-15/h3-12,26H,13H2,1-2H3,(H,22,25). The summed E-state index contributed by atoms with van der Waals surface area (Å²) in [6.07, 6.45) is -0.723. The number of carbonyl (C=O) groups excluding carboxylic acids is 1. The Kier molecular flexibility index (Phi) is 5.87. The van der Waals surface area contributed by atoms with Crippen LogP contribution in [0.3, 0.4) is 0 Å². The van der Waals surface area contributed by atoms with Crippen molar-refractivity contribution >= 4 is 23.5 Å². The van der Waals surface area contributed by atoms with Crippen LogP contribution >= 0.6 is 11.6 Å². The lowest BCUT2D eigenvalue weighted by Crippen LogP contribution is -2.28. The van der Waals surface area contributed by atoms with Crippen molar-refractivity contribution in [3.63, 3.8) is 0 Å². The number of ether oxygens (including phenoxy) is 2. The number of amides is 1. The van der Waals surface area contributed by atoms with Gasteiger partial charge < -0.3 is 14.6 Å². The zero-order valence-corrected chi connectivity index (χ0v) is 16.2. The van der Waals surface area contributed by atoms with Gasteiger partial charge >= 0.3 is 6.09 Å². The average molecular weight is 402 g/mol. The highest BCUT2D eigenvalue weighted by molar-refractivity contribution is 6.34. The Morgan fingerprint density at radius 3 is 2.36 bits per heavy atom. The van der Waals surface area contributed by atoms with Crippen LogP contribution in [0.5, 0.6) is 11.6 Å². The lowest BCUT2D eigenvalue weighted by molar-refractivity contribution is 0.0267. The smallest absolute Gasteiger partial charge is 0.418 e. The van der Waals surface area contributed by atoms with E-state index in [0.717, 1.165) is 0 Å². The molecule has 0 saturated heterocycles. The molecule has 0 bridgehead atoms. The Bertz CT molecular complexity index is 937. The minimum Gasteiger partial charge on any atom is -0.472 e. The van der Waals surface area contributed by atoms with E-state index in [-0.39, 0.29) is 23.3 Å². The maximum Gasteiger partial charge on any atom is 0.418 e. The first-order chi connectivity index (χ1) is 13.3. The van der Waals surface area contributed by atoms with E-state index in [1.807, 2.05) is 24.3 Å². The van der Waals surface area contributed by atoms with Crippen LogP contribution in [0.25, 0.3) is 5.69 Å². The number of anilines is 1. The fraction of sp³-hybridized carbons (Fsp3) is 0.200. The number of nitrogens with zero attached hydrogens (tertiary/aromatic N) is 2. The Hall–Kier alpha value is -3.03. The Morgan fingerprint density at radius 1 is 1.14 bits per heavy atom. The highest BCUT2D eigenvalue weighted by atomic mass is 35.5. The molecule has 28 heavy (non-hydrogen) atoms. The summed E-state index contributed by atoms with van der Waals surface area (Å²) in [6, 6.07) is 17.8. The molecule has 0 aliphatic carbocycles. The van der Waals surface area contributed by atoms with Gasteiger partial charge in [0, 0.05) is 0 Å². The minimum absolute atomic E-state index is 0.0214. The van der Waals surface area contributed by atoms with Crippen LogP contribution in [0.1, 0.15) is 13.8 Å². The maximum atomic E-state index is 12.3. The van der Waals surface area contributed by atoms with Crippen LogP contribution in [0.15, 0.2) is 60.7 Å². The number of hydrogen-bond acceptors (Lipinski definition) is 5. The normalized spacial score (nSPS) is 11.1.